The molecule has 0 aliphatic carbocycles. The SMILES string of the molecule is CCC(Nc1ccc(OC)nc1)C(=O)OC. The fraction of sp³-hybridized carbons (Fsp3) is 0.455. The number of carbonyl (C=O) groups is 1. The average Bonchev–Trinajstić information content (AvgIpc) is 2.35. The first-order valence-corrected chi connectivity index (χ1v) is 5.05. The number of hydrogen-bond acceptors (Lipinski definition) is 5. The lowest BCUT2D eigenvalue weighted by atomic mass is 10.2. The lowest BCUT2D eigenvalue weighted by molar-refractivity contribution is -0.141. The van der Waals surface area contributed by atoms with E-state index in [4.69, 9.17) is 4.74 Å². The van der Waals surface area contributed by atoms with Crippen molar-refractivity contribution >= 4 is 11.7 Å². The van der Waals surface area contributed by atoms with Crippen molar-refractivity contribution in [3.05, 3.63) is 18.3 Å². The summed E-state index contributed by atoms with van der Waals surface area (Å²) >= 11 is 0. The minimum absolute atomic E-state index is 0.279. The van der Waals surface area contributed by atoms with Gasteiger partial charge in [-0.1, -0.05) is 6.92 Å². The van der Waals surface area contributed by atoms with Crippen LogP contribution >= 0.6 is 0 Å². The molecule has 5 nitrogen and oxygen atoms in total. The van der Waals surface area contributed by atoms with Crippen molar-refractivity contribution in [2.75, 3.05) is 19.5 Å². The fourth-order valence-electron chi connectivity index (χ4n) is 1.26. The van der Waals surface area contributed by atoms with Gasteiger partial charge in [-0.25, -0.2) is 9.78 Å². The number of carbonyl (C=O) groups excluding carboxylic acids is 1. The molecule has 1 N–H and O–H groups in total. The normalized spacial score (nSPS) is 11.7. The molecule has 5 heteroatoms. The van der Waals surface area contributed by atoms with Gasteiger partial charge in [-0.05, 0) is 12.5 Å². The Morgan fingerprint density at radius 3 is 2.69 bits per heavy atom. The van der Waals surface area contributed by atoms with Crippen LogP contribution in [0.25, 0.3) is 0 Å². The first-order chi connectivity index (χ1) is 7.71. The van der Waals surface area contributed by atoms with Crippen molar-refractivity contribution in [3.63, 3.8) is 0 Å². The first-order valence-electron chi connectivity index (χ1n) is 5.05. The van der Waals surface area contributed by atoms with Crippen molar-refractivity contribution in [2.45, 2.75) is 19.4 Å². The van der Waals surface area contributed by atoms with Crippen LogP contribution < -0.4 is 10.1 Å². The van der Waals surface area contributed by atoms with Crippen molar-refractivity contribution < 1.29 is 14.3 Å². The molecule has 0 radical (unpaired) electrons. The van der Waals surface area contributed by atoms with Gasteiger partial charge in [0.05, 0.1) is 26.1 Å². The zero-order valence-corrected chi connectivity index (χ0v) is 9.69. The fourth-order valence-corrected chi connectivity index (χ4v) is 1.26. The van der Waals surface area contributed by atoms with Crippen LogP contribution in [0.15, 0.2) is 18.3 Å². The van der Waals surface area contributed by atoms with Crippen molar-refractivity contribution in [1.82, 2.24) is 4.98 Å². The summed E-state index contributed by atoms with van der Waals surface area (Å²) in [5.41, 5.74) is 0.762. The van der Waals surface area contributed by atoms with Crippen LogP contribution in [0.5, 0.6) is 5.88 Å². The second-order valence-electron chi connectivity index (χ2n) is 3.22. The Hall–Kier alpha value is -1.78. The average molecular weight is 224 g/mol. The summed E-state index contributed by atoms with van der Waals surface area (Å²) in [4.78, 5) is 15.4. The van der Waals surface area contributed by atoms with Crippen LogP contribution in [0.3, 0.4) is 0 Å². The number of rotatable bonds is 5. The van der Waals surface area contributed by atoms with Crippen LogP contribution in [0.4, 0.5) is 5.69 Å². The lowest BCUT2D eigenvalue weighted by Crippen LogP contribution is -2.29. The third kappa shape index (κ3) is 3.12. The number of nitrogens with one attached hydrogen (secondary N) is 1. The molecule has 0 aliphatic rings. The van der Waals surface area contributed by atoms with Crippen LogP contribution in [0.2, 0.25) is 0 Å². The van der Waals surface area contributed by atoms with Crippen LogP contribution in [0, 0.1) is 0 Å². The number of methoxy groups -OCH3 is 2. The summed E-state index contributed by atoms with van der Waals surface area (Å²) in [6, 6.07) is 3.18. The molecule has 16 heavy (non-hydrogen) atoms. The van der Waals surface area contributed by atoms with Gasteiger partial charge in [0, 0.05) is 6.07 Å². The van der Waals surface area contributed by atoms with E-state index in [0.717, 1.165) is 5.69 Å². The van der Waals surface area contributed by atoms with Crippen molar-refractivity contribution in [1.29, 1.82) is 0 Å². The van der Waals surface area contributed by atoms with Crippen molar-refractivity contribution in [2.24, 2.45) is 0 Å². The predicted octanol–water partition coefficient (Wildman–Crippen LogP) is 1.45. The molecule has 1 atom stereocenters. The molecule has 0 spiro atoms. The Kier molecular flexibility index (Phi) is 4.57. The summed E-state index contributed by atoms with van der Waals surface area (Å²) in [5.74, 6) is 0.259. The number of esters is 1. The molecule has 1 rings (SSSR count). The molecule has 88 valence electrons. The van der Waals surface area contributed by atoms with E-state index in [9.17, 15) is 4.79 Å². The number of pyridine rings is 1. The summed E-state index contributed by atoms with van der Waals surface area (Å²) in [7, 11) is 2.93. The smallest absolute Gasteiger partial charge is 0.328 e. The summed E-state index contributed by atoms with van der Waals surface area (Å²) < 4.78 is 9.61. The van der Waals surface area contributed by atoms with Gasteiger partial charge in [-0.15, -0.1) is 0 Å². The standard InChI is InChI=1S/C11H16N2O3/c1-4-9(11(14)16-3)13-8-5-6-10(15-2)12-7-8/h5-7,9,13H,4H2,1-3H3. The zero-order valence-electron chi connectivity index (χ0n) is 9.69. The monoisotopic (exact) mass is 224 g/mol. The molecule has 1 heterocycles. The molecule has 1 unspecified atom stereocenters. The van der Waals surface area contributed by atoms with Crippen molar-refractivity contribution in [3.8, 4) is 5.88 Å². The molecule has 0 aromatic carbocycles. The highest BCUT2D eigenvalue weighted by molar-refractivity contribution is 5.79. The van der Waals surface area contributed by atoms with Gasteiger partial charge < -0.3 is 14.8 Å². The van der Waals surface area contributed by atoms with Gasteiger partial charge in [0.25, 0.3) is 0 Å². The maximum atomic E-state index is 11.3. The third-order valence-corrected chi connectivity index (χ3v) is 2.18. The lowest BCUT2D eigenvalue weighted by Gasteiger charge is -2.15. The van der Waals surface area contributed by atoms with Gasteiger partial charge >= 0.3 is 5.97 Å². The van der Waals surface area contributed by atoms with E-state index < -0.39 is 0 Å². The molecular weight excluding hydrogens is 208 g/mol. The van der Waals surface area contributed by atoms with Gasteiger partial charge in [0.15, 0.2) is 0 Å². The number of anilines is 1. The maximum Gasteiger partial charge on any atom is 0.328 e. The topological polar surface area (TPSA) is 60.5 Å². The number of nitrogens with zero attached hydrogens (tertiary/aromatic N) is 1. The van der Waals surface area contributed by atoms with E-state index in [1.165, 1.54) is 7.11 Å². The Morgan fingerprint density at radius 2 is 2.25 bits per heavy atom. The summed E-state index contributed by atoms with van der Waals surface area (Å²) in [5, 5.41) is 3.04. The minimum atomic E-state index is -0.347. The van der Waals surface area contributed by atoms with E-state index in [-0.39, 0.29) is 12.0 Å². The Labute approximate surface area is 94.8 Å². The van der Waals surface area contributed by atoms with E-state index in [1.807, 2.05) is 6.92 Å². The molecule has 0 fully saturated rings. The second-order valence-corrected chi connectivity index (χ2v) is 3.22. The Morgan fingerprint density at radius 1 is 1.50 bits per heavy atom. The predicted molar refractivity (Wildman–Crippen MR) is 60.5 cm³/mol. The van der Waals surface area contributed by atoms with Crippen LogP contribution in [-0.2, 0) is 9.53 Å². The van der Waals surface area contributed by atoms with Crippen LogP contribution in [-0.4, -0.2) is 31.2 Å². The summed E-state index contributed by atoms with van der Waals surface area (Å²) in [6.45, 7) is 1.91. The Bertz CT molecular complexity index is 338. The van der Waals surface area contributed by atoms with Gasteiger partial charge in [0.2, 0.25) is 5.88 Å². The molecule has 0 saturated carbocycles. The zero-order chi connectivity index (χ0) is 12.0. The van der Waals surface area contributed by atoms with Gasteiger partial charge in [-0.2, -0.15) is 0 Å². The first kappa shape index (κ1) is 12.3. The number of hydrogen-bond donors (Lipinski definition) is 1. The van der Waals surface area contributed by atoms with E-state index >= 15 is 0 Å². The molecule has 1 aromatic heterocycles. The molecule has 0 amide bonds. The largest absolute Gasteiger partial charge is 0.481 e. The highest BCUT2D eigenvalue weighted by atomic mass is 16.5. The summed E-state index contributed by atoms with van der Waals surface area (Å²) in [6.07, 6.45) is 2.27. The van der Waals surface area contributed by atoms with E-state index in [2.05, 4.69) is 15.0 Å². The molecule has 0 saturated heterocycles. The van der Waals surface area contributed by atoms with Gasteiger partial charge in [-0.3, -0.25) is 0 Å². The van der Waals surface area contributed by atoms with Gasteiger partial charge in [0.1, 0.15) is 6.04 Å². The molecule has 0 bridgehead atoms. The Balaban J connectivity index is 2.66. The number of ether oxygens (including phenoxy) is 2. The van der Waals surface area contributed by atoms with E-state index in [0.29, 0.717) is 12.3 Å². The maximum absolute atomic E-state index is 11.3. The third-order valence-electron chi connectivity index (χ3n) is 2.18. The van der Waals surface area contributed by atoms with E-state index in [1.54, 1.807) is 25.4 Å². The molecular formula is C11H16N2O3. The van der Waals surface area contributed by atoms with Crippen LogP contribution in [0.1, 0.15) is 13.3 Å². The molecule has 0 aliphatic heterocycles. The highest BCUT2D eigenvalue weighted by Crippen LogP contribution is 2.13. The second kappa shape index (κ2) is 5.95. The molecule has 1 aromatic rings. The quantitative estimate of drug-likeness (QED) is 0.767. The highest BCUT2D eigenvalue weighted by Gasteiger charge is 2.16. The number of aromatic nitrogens is 1. The minimum Gasteiger partial charge on any atom is -0.481 e.